The van der Waals surface area contributed by atoms with Crippen LogP contribution in [0, 0.1) is 5.82 Å². The van der Waals surface area contributed by atoms with E-state index in [0.717, 1.165) is 0 Å². The lowest BCUT2D eigenvalue weighted by Gasteiger charge is -2.10. The summed E-state index contributed by atoms with van der Waals surface area (Å²) >= 11 is 0. The van der Waals surface area contributed by atoms with Crippen LogP contribution in [0.3, 0.4) is 0 Å². The van der Waals surface area contributed by atoms with Crippen LogP contribution in [-0.2, 0) is 9.59 Å². The second kappa shape index (κ2) is 7.92. The van der Waals surface area contributed by atoms with Gasteiger partial charge < -0.3 is 10.1 Å². The van der Waals surface area contributed by atoms with Gasteiger partial charge in [-0.2, -0.15) is 9.63 Å². The zero-order valence-electron chi connectivity index (χ0n) is 14.9. The van der Waals surface area contributed by atoms with Crippen molar-refractivity contribution in [3.63, 3.8) is 0 Å². The number of benzene rings is 1. The Morgan fingerprint density at radius 3 is 2.76 bits per heavy atom. The third-order valence-electron chi connectivity index (χ3n) is 3.96. The van der Waals surface area contributed by atoms with Crippen LogP contribution < -0.4 is 10.1 Å². The lowest BCUT2D eigenvalue weighted by atomic mass is 10.2. The number of aromatic nitrogens is 4. The second-order valence-electron chi connectivity index (χ2n) is 5.97. The number of nitrogens with zero attached hydrogens (tertiary/aromatic N) is 6. The lowest BCUT2D eigenvalue weighted by Crippen LogP contribution is -2.35. The minimum atomic E-state index is -0.822. The van der Waals surface area contributed by atoms with Crippen LogP contribution in [0.5, 0.6) is 5.88 Å². The van der Waals surface area contributed by atoms with Gasteiger partial charge >= 0.3 is 0 Å². The van der Waals surface area contributed by atoms with Gasteiger partial charge in [-0.1, -0.05) is 0 Å². The highest BCUT2D eigenvalue weighted by atomic mass is 19.1. The molecule has 2 aromatic heterocycles. The molecule has 0 saturated carbocycles. The molecule has 1 aromatic carbocycles. The molecule has 0 aliphatic carbocycles. The maximum atomic E-state index is 13.1. The summed E-state index contributed by atoms with van der Waals surface area (Å²) in [5.41, 5.74) is 1.16. The van der Waals surface area contributed by atoms with Gasteiger partial charge in [-0.15, -0.1) is 20.4 Å². The Hall–Kier alpha value is -4.02. The van der Waals surface area contributed by atoms with Crippen LogP contribution >= 0.6 is 0 Å². The third kappa shape index (κ3) is 4.13. The summed E-state index contributed by atoms with van der Waals surface area (Å²) in [7, 11) is 0. The summed E-state index contributed by atoms with van der Waals surface area (Å²) in [4.78, 5) is 22.9. The number of carbonyl (C=O) groups excluding carboxylic acids is 2. The first kappa shape index (κ1) is 18.3. The van der Waals surface area contributed by atoms with E-state index in [1.165, 1.54) is 28.8 Å². The number of fused-ring (bicyclic) bond motifs is 1. The summed E-state index contributed by atoms with van der Waals surface area (Å²) in [5.74, 6) is -0.478. The van der Waals surface area contributed by atoms with Crippen LogP contribution in [0.15, 0.2) is 58.8 Å². The Morgan fingerprint density at radius 2 is 2.00 bits per heavy atom. The molecule has 0 fully saturated rings. The first-order chi connectivity index (χ1) is 14.1. The van der Waals surface area contributed by atoms with E-state index in [9.17, 15) is 14.0 Å². The number of azo groups is 1. The van der Waals surface area contributed by atoms with E-state index in [-0.39, 0.29) is 24.9 Å². The topological polar surface area (TPSA) is 123 Å². The fourth-order valence-electron chi connectivity index (χ4n) is 2.57. The van der Waals surface area contributed by atoms with E-state index >= 15 is 0 Å². The molecular formula is C18H14FN7O3. The number of nitrogens with one attached hydrogen (secondary N) is 1. The van der Waals surface area contributed by atoms with Crippen LogP contribution in [-0.4, -0.2) is 50.8 Å². The van der Waals surface area contributed by atoms with Crippen molar-refractivity contribution in [2.24, 2.45) is 10.2 Å². The second-order valence-corrected chi connectivity index (χ2v) is 5.97. The smallest absolute Gasteiger partial charge is 0.287 e. The normalized spacial score (nSPS) is 15.6. The Bertz CT molecular complexity index is 1110. The van der Waals surface area contributed by atoms with Crippen molar-refractivity contribution in [3.8, 4) is 17.3 Å². The quantitative estimate of drug-likeness (QED) is 0.629. The van der Waals surface area contributed by atoms with Crippen LogP contribution in [0.25, 0.3) is 17.0 Å². The Kier molecular flexibility index (Phi) is 5.01. The van der Waals surface area contributed by atoms with Crippen molar-refractivity contribution >= 4 is 17.5 Å². The molecule has 4 rings (SSSR count). The summed E-state index contributed by atoms with van der Waals surface area (Å²) in [6.45, 7) is 0.365. The highest BCUT2D eigenvalue weighted by Crippen LogP contribution is 2.19. The average molecular weight is 395 g/mol. The number of ether oxygens (including phenoxy) is 1. The SMILES string of the molecule is O=C1C=CC(C(=O)NCCOc2ccc3nnc(-c4ccc(F)cc4)n3n2)N=N1. The highest BCUT2D eigenvalue weighted by Gasteiger charge is 2.17. The van der Waals surface area contributed by atoms with Gasteiger partial charge in [0.05, 0.1) is 6.54 Å². The molecule has 0 saturated heterocycles. The fourth-order valence-corrected chi connectivity index (χ4v) is 2.57. The van der Waals surface area contributed by atoms with Gasteiger partial charge in [0.1, 0.15) is 12.4 Å². The molecule has 1 N–H and O–H groups in total. The number of carbonyl (C=O) groups is 2. The van der Waals surface area contributed by atoms with Gasteiger partial charge in [-0.05, 0) is 36.4 Å². The molecule has 146 valence electrons. The van der Waals surface area contributed by atoms with E-state index in [1.807, 2.05) is 0 Å². The van der Waals surface area contributed by atoms with Crippen LogP contribution in [0.2, 0.25) is 0 Å². The van der Waals surface area contributed by atoms with Gasteiger partial charge in [0.15, 0.2) is 17.5 Å². The molecule has 0 bridgehead atoms. The molecule has 29 heavy (non-hydrogen) atoms. The number of hydrogen-bond donors (Lipinski definition) is 1. The molecule has 11 heteroatoms. The Balaban J connectivity index is 1.37. The summed E-state index contributed by atoms with van der Waals surface area (Å²) < 4.78 is 20.2. The molecule has 0 spiro atoms. The zero-order valence-corrected chi connectivity index (χ0v) is 14.9. The van der Waals surface area contributed by atoms with Gasteiger partial charge in [-0.25, -0.2) is 4.39 Å². The molecular weight excluding hydrogens is 381 g/mol. The van der Waals surface area contributed by atoms with Crippen molar-refractivity contribution < 1.29 is 18.7 Å². The van der Waals surface area contributed by atoms with Crippen LogP contribution in [0.1, 0.15) is 0 Å². The average Bonchev–Trinajstić information content (AvgIpc) is 3.15. The van der Waals surface area contributed by atoms with Crippen molar-refractivity contribution in [1.29, 1.82) is 0 Å². The standard InChI is InChI=1S/C18H14FN7O3/c19-12-3-1-11(2-4-12)17-24-22-14-6-8-16(25-26(14)17)29-10-9-20-18(28)13-5-7-15(27)23-21-13/h1-8,13H,9-10H2,(H,20,28). The first-order valence-corrected chi connectivity index (χ1v) is 8.62. The Labute approximate surface area is 163 Å². The molecule has 10 nitrogen and oxygen atoms in total. The predicted octanol–water partition coefficient (Wildman–Crippen LogP) is 1.34. The Morgan fingerprint density at radius 1 is 1.17 bits per heavy atom. The minimum absolute atomic E-state index is 0.158. The molecule has 1 unspecified atom stereocenters. The summed E-state index contributed by atoms with van der Waals surface area (Å²) in [6.07, 6.45) is 2.58. The zero-order chi connectivity index (χ0) is 20.2. The summed E-state index contributed by atoms with van der Waals surface area (Å²) in [6, 6.07) is 8.32. The first-order valence-electron chi connectivity index (χ1n) is 8.62. The van der Waals surface area contributed by atoms with E-state index < -0.39 is 11.9 Å². The molecule has 1 aliphatic rings. The van der Waals surface area contributed by atoms with Gasteiger partial charge in [0.2, 0.25) is 5.88 Å². The summed E-state index contributed by atoms with van der Waals surface area (Å²) in [5, 5.41) is 22.0. The van der Waals surface area contributed by atoms with Crippen LogP contribution in [0.4, 0.5) is 4.39 Å². The minimum Gasteiger partial charge on any atom is -0.475 e. The van der Waals surface area contributed by atoms with Crippen molar-refractivity contribution in [3.05, 3.63) is 54.4 Å². The number of rotatable bonds is 6. The number of amides is 2. The largest absolute Gasteiger partial charge is 0.475 e. The molecule has 1 aliphatic heterocycles. The van der Waals surface area contributed by atoms with Crippen molar-refractivity contribution in [2.75, 3.05) is 13.2 Å². The highest BCUT2D eigenvalue weighted by molar-refractivity contribution is 5.92. The van der Waals surface area contributed by atoms with Crippen molar-refractivity contribution in [1.82, 2.24) is 25.1 Å². The molecule has 2 amide bonds. The molecule has 3 heterocycles. The van der Waals surface area contributed by atoms with E-state index in [1.54, 1.807) is 24.3 Å². The fraction of sp³-hybridized carbons (Fsp3) is 0.167. The third-order valence-corrected chi connectivity index (χ3v) is 3.96. The molecule has 0 radical (unpaired) electrons. The number of hydrogen-bond acceptors (Lipinski definition) is 7. The van der Waals surface area contributed by atoms with Crippen molar-refractivity contribution in [2.45, 2.75) is 6.04 Å². The van der Waals surface area contributed by atoms with Gasteiger partial charge in [0.25, 0.3) is 11.8 Å². The predicted molar refractivity (Wildman–Crippen MR) is 97.5 cm³/mol. The van der Waals surface area contributed by atoms with E-state index in [0.29, 0.717) is 22.9 Å². The molecule has 1 atom stereocenters. The van der Waals surface area contributed by atoms with E-state index in [4.69, 9.17) is 4.74 Å². The molecule has 3 aromatic rings. The van der Waals surface area contributed by atoms with Gasteiger partial charge in [0, 0.05) is 17.7 Å². The van der Waals surface area contributed by atoms with Gasteiger partial charge in [-0.3, -0.25) is 9.59 Å². The van der Waals surface area contributed by atoms with E-state index in [2.05, 4.69) is 30.8 Å². The monoisotopic (exact) mass is 395 g/mol. The lowest BCUT2D eigenvalue weighted by molar-refractivity contribution is -0.121. The maximum absolute atomic E-state index is 13.1. The number of halogens is 1. The maximum Gasteiger partial charge on any atom is 0.287 e.